The minimum atomic E-state index is -1.31. The molecule has 3 N–H and O–H groups in total. The van der Waals surface area contributed by atoms with Gasteiger partial charge in [0.05, 0.1) is 17.3 Å². The lowest BCUT2D eigenvalue weighted by atomic mass is 10.2. The first-order valence-electron chi connectivity index (χ1n) is 6.00. The fourth-order valence-electron chi connectivity index (χ4n) is 1.44. The zero-order valence-corrected chi connectivity index (χ0v) is 13.6. The van der Waals surface area contributed by atoms with Gasteiger partial charge in [0.15, 0.2) is 0 Å². The number of esters is 1. The van der Waals surface area contributed by atoms with E-state index in [-0.39, 0.29) is 0 Å². The molecule has 1 aromatic heterocycles. The lowest BCUT2D eigenvalue weighted by Gasteiger charge is -2.13. The minimum absolute atomic E-state index is 0.364. The van der Waals surface area contributed by atoms with Crippen LogP contribution in [0.5, 0.6) is 0 Å². The van der Waals surface area contributed by atoms with Gasteiger partial charge >= 0.3 is 18.0 Å². The van der Waals surface area contributed by atoms with Crippen LogP contribution in [0.15, 0.2) is 15.9 Å². The highest BCUT2D eigenvalue weighted by molar-refractivity contribution is 9.11. The van der Waals surface area contributed by atoms with Crippen LogP contribution in [0.1, 0.15) is 11.3 Å². The van der Waals surface area contributed by atoms with Crippen LogP contribution in [0.25, 0.3) is 0 Å². The molecule has 21 heavy (non-hydrogen) atoms. The topological polar surface area (TPSA) is 105 Å². The Bertz CT molecular complexity index is 520. The SMILES string of the molecule is COC(=O)C[C@H](NC(=O)NCCc1ccc(Br)s1)C(=O)O. The first-order valence-corrected chi connectivity index (χ1v) is 7.61. The van der Waals surface area contributed by atoms with Crippen molar-refractivity contribution in [3.63, 3.8) is 0 Å². The average molecular weight is 379 g/mol. The van der Waals surface area contributed by atoms with Gasteiger partial charge in [-0.15, -0.1) is 11.3 Å². The first-order chi connectivity index (χ1) is 9.92. The van der Waals surface area contributed by atoms with Gasteiger partial charge < -0.3 is 20.5 Å². The second-order valence-electron chi connectivity index (χ2n) is 4.03. The maximum Gasteiger partial charge on any atom is 0.326 e. The second-order valence-corrected chi connectivity index (χ2v) is 6.57. The van der Waals surface area contributed by atoms with Gasteiger partial charge in [0.25, 0.3) is 0 Å². The number of aliphatic carboxylic acids is 1. The van der Waals surface area contributed by atoms with Gasteiger partial charge in [0.2, 0.25) is 0 Å². The van der Waals surface area contributed by atoms with E-state index in [0.717, 1.165) is 15.8 Å². The standard InChI is InChI=1S/C12H15BrN2O5S/c1-20-10(16)6-8(11(17)18)15-12(19)14-5-4-7-2-3-9(13)21-7/h2-3,8H,4-6H2,1H3,(H,17,18)(H2,14,15,19)/t8-/m0/s1. The van der Waals surface area contributed by atoms with E-state index < -0.39 is 30.4 Å². The van der Waals surface area contributed by atoms with Crippen molar-refractivity contribution in [2.45, 2.75) is 18.9 Å². The quantitative estimate of drug-likeness (QED) is 0.621. The number of hydrogen-bond acceptors (Lipinski definition) is 5. The van der Waals surface area contributed by atoms with Gasteiger partial charge in [-0.05, 0) is 34.5 Å². The third kappa shape index (κ3) is 6.58. The van der Waals surface area contributed by atoms with Crippen molar-refractivity contribution in [3.05, 3.63) is 20.8 Å². The van der Waals surface area contributed by atoms with Crippen LogP contribution in [0.3, 0.4) is 0 Å². The van der Waals surface area contributed by atoms with E-state index in [9.17, 15) is 14.4 Å². The summed E-state index contributed by atoms with van der Waals surface area (Å²) in [5.41, 5.74) is 0. The number of nitrogens with one attached hydrogen (secondary N) is 2. The van der Waals surface area contributed by atoms with Crippen molar-refractivity contribution >= 4 is 45.2 Å². The molecular weight excluding hydrogens is 364 g/mol. The zero-order chi connectivity index (χ0) is 15.8. The highest BCUT2D eigenvalue weighted by Crippen LogP contribution is 2.21. The van der Waals surface area contributed by atoms with Crippen LogP contribution in [0, 0.1) is 0 Å². The Morgan fingerprint density at radius 3 is 2.67 bits per heavy atom. The van der Waals surface area contributed by atoms with Crippen LogP contribution in [-0.4, -0.2) is 42.8 Å². The number of methoxy groups -OCH3 is 1. The molecule has 0 saturated carbocycles. The molecule has 0 aliphatic rings. The van der Waals surface area contributed by atoms with Gasteiger partial charge in [0.1, 0.15) is 6.04 Å². The molecule has 1 heterocycles. The number of carboxylic acid groups (broad SMARTS) is 1. The fraction of sp³-hybridized carbons (Fsp3) is 0.417. The molecule has 1 atom stereocenters. The number of thiophene rings is 1. The third-order valence-corrected chi connectivity index (χ3v) is 4.17. The van der Waals surface area contributed by atoms with E-state index >= 15 is 0 Å². The van der Waals surface area contributed by atoms with Crippen molar-refractivity contribution in [3.8, 4) is 0 Å². The lowest BCUT2D eigenvalue weighted by Crippen LogP contribution is -2.47. The Morgan fingerprint density at radius 1 is 1.43 bits per heavy atom. The summed E-state index contributed by atoms with van der Waals surface area (Å²) < 4.78 is 5.38. The Kier molecular flexibility index (Phi) is 7.17. The van der Waals surface area contributed by atoms with Crippen molar-refractivity contribution in [1.29, 1.82) is 0 Å². The Balaban J connectivity index is 2.36. The van der Waals surface area contributed by atoms with Crippen LogP contribution in [0.2, 0.25) is 0 Å². The van der Waals surface area contributed by atoms with Crippen LogP contribution in [-0.2, 0) is 20.7 Å². The number of ether oxygens (including phenoxy) is 1. The number of carbonyl (C=O) groups excluding carboxylic acids is 2. The minimum Gasteiger partial charge on any atom is -0.480 e. The normalized spacial score (nSPS) is 11.5. The summed E-state index contributed by atoms with van der Waals surface area (Å²) in [6.45, 7) is 0.364. The van der Waals surface area contributed by atoms with E-state index in [2.05, 4.69) is 31.3 Å². The van der Waals surface area contributed by atoms with Crippen molar-refractivity contribution in [2.75, 3.05) is 13.7 Å². The van der Waals surface area contributed by atoms with E-state index in [0.29, 0.717) is 13.0 Å². The predicted octanol–water partition coefficient (Wildman–Crippen LogP) is 1.37. The summed E-state index contributed by atoms with van der Waals surface area (Å²) in [7, 11) is 1.15. The summed E-state index contributed by atoms with van der Waals surface area (Å²) in [6.07, 6.45) is 0.218. The average Bonchev–Trinajstić information content (AvgIpc) is 2.83. The molecule has 0 radical (unpaired) electrons. The molecule has 0 unspecified atom stereocenters. The highest BCUT2D eigenvalue weighted by Gasteiger charge is 2.23. The van der Waals surface area contributed by atoms with E-state index in [4.69, 9.17) is 5.11 Å². The molecule has 0 aliphatic carbocycles. The zero-order valence-electron chi connectivity index (χ0n) is 11.2. The second kappa shape index (κ2) is 8.63. The third-order valence-electron chi connectivity index (χ3n) is 2.49. The van der Waals surface area contributed by atoms with Crippen LogP contribution in [0.4, 0.5) is 4.79 Å². The van der Waals surface area contributed by atoms with Gasteiger partial charge in [-0.3, -0.25) is 4.79 Å². The summed E-state index contributed by atoms with van der Waals surface area (Å²) in [4.78, 5) is 34.6. The monoisotopic (exact) mass is 378 g/mol. The van der Waals surface area contributed by atoms with E-state index in [1.807, 2.05) is 12.1 Å². The van der Waals surface area contributed by atoms with E-state index in [1.165, 1.54) is 0 Å². The van der Waals surface area contributed by atoms with Gasteiger partial charge in [-0.25, -0.2) is 9.59 Å². The fourth-order valence-corrected chi connectivity index (χ4v) is 2.93. The van der Waals surface area contributed by atoms with Gasteiger partial charge in [-0.1, -0.05) is 0 Å². The number of rotatable bonds is 7. The maximum atomic E-state index is 11.6. The number of urea groups is 1. The Morgan fingerprint density at radius 2 is 2.14 bits per heavy atom. The summed E-state index contributed by atoms with van der Waals surface area (Å²) in [5, 5.41) is 13.7. The summed E-state index contributed by atoms with van der Waals surface area (Å²) >= 11 is 4.90. The molecule has 1 aromatic rings. The largest absolute Gasteiger partial charge is 0.480 e. The Hall–Kier alpha value is -1.61. The molecule has 0 aliphatic heterocycles. The van der Waals surface area contributed by atoms with Gasteiger partial charge in [-0.2, -0.15) is 0 Å². The smallest absolute Gasteiger partial charge is 0.326 e. The molecular formula is C12H15BrN2O5S. The molecule has 0 fully saturated rings. The molecule has 0 aromatic carbocycles. The highest BCUT2D eigenvalue weighted by atomic mass is 79.9. The number of hydrogen-bond donors (Lipinski definition) is 3. The molecule has 0 bridgehead atoms. The molecule has 0 spiro atoms. The van der Waals surface area contributed by atoms with Crippen molar-refractivity contribution in [2.24, 2.45) is 0 Å². The maximum absolute atomic E-state index is 11.6. The molecule has 9 heteroatoms. The summed E-state index contributed by atoms with van der Waals surface area (Å²) in [6, 6.07) is 1.90. The van der Waals surface area contributed by atoms with Gasteiger partial charge in [0, 0.05) is 11.4 Å². The lowest BCUT2D eigenvalue weighted by molar-refractivity contribution is -0.147. The number of amides is 2. The van der Waals surface area contributed by atoms with E-state index in [1.54, 1.807) is 11.3 Å². The molecule has 0 saturated heterocycles. The van der Waals surface area contributed by atoms with Crippen LogP contribution < -0.4 is 10.6 Å². The number of halogens is 1. The van der Waals surface area contributed by atoms with Crippen molar-refractivity contribution in [1.82, 2.24) is 10.6 Å². The number of carboxylic acids is 1. The number of carbonyl (C=O) groups is 3. The Labute approximate surface area is 133 Å². The molecule has 7 nitrogen and oxygen atoms in total. The van der Waals surface area contributed by atoms with Crippen molar-refractivity contribution < 1.29 is 24.2 Å². The molecule has 2 amide bonds. The molecule has 1 rings (SSSR count). The molecule has 116 valence electrons. The predicted molar refractivity (Wildman–Crippen MR) is 80.3 cm³/mol. The first kappa shape index (κ1) is 17.4. The van der Waals surface area contributed by atoms with Crippen LogP contribution >= 0.6 is 27.3 Å². The summed E-state index contributed by atoms with van der Waals surface area (Å²) in [5.74, 6) is -2.00.